The van der Waals surface area contributed by atoms with Crippen molar-refractivity contribution in [1.29, 1.82) is 0 Å². The molecule has 2 aromatic heterocycles. The van der Waals surface area contributed by atoms with Crippen molar-refractivity contribution in [3.8, 4) is 0 Å². The number of halogens is 1. The van der Waals surface area contributed by atoms with E-state index in [1.165, 1.54) is 10.6 Å². The lowest BCUT2D eigenvalue weighted by molar-refractivity contribution is -0.125. The van der Waals surface area contributed by atoms with Crippen LogP contribution in [0.1, 0.15) is 77.3 Å². The number of hydrogen-bond donors (Lipinski definition) is 1. The lowest BCUT2D eigenvalue weighted by Crippen LogP contribution is -2.47. The molecule has 33 heavy (non-hydrogen) atoms. The number of amides is 1. The van der Waals surface area contributed by atoms with E-state index in [9.17, 15) is 18.8 Å². The number of nitrogens with zero attached hydrogens (tertiary/aromatic N) is 3. The number of rotatable bonds is 6. The van der Waals surface area contributed by atoms with Crippen molar-refractivity contribution in [2.24, 2.45) is 5.92 Å². The Hall–Kier alpha value is -2.16. The molecule has 1 aliphatic carbocycles. The van der Waals surface area contributed by atoms with Gasteiger partial charge in [-0.1, -0.05) is 20.3 Å². The first kappa shape index (κ1) is 24.0. The third kappa shape index (κ3) is 5.03. The first-order chi connectivity index (χ1) is 15.9. The number of nitrogens with one attached hydrogen (secondary N) is 1. The molecular formula is C24H33FN4O3S. The molecule has 1 saturated heterocycles. The van der Waals surface area contributed by atoms with Crippen LogP contribution in [-0.4, -0.2) is 37.6 Å². The second-order valence-electron chi connectivity index (χ2n) is 9.40. The highest BCUT2D eigenvalue weighted by molar-refractivity contribution is 7.99. The van der Waals surface area contributed by atoms with Gasteiger partial charge in [0.2, 0.25) is 5.91 Å². The smallest absolute Gasteiger partial charge is 0.333 e. The van der Waals surface area contributed by atoms with E-state index >= 15 is 0 Å². The first-order valence-electron chi connectivity index (χ1n) is 12.1. The lowest BCUT2D eigenvalue weighted by atomic mass is 9.90. The number of pyridine rings is 1. The fourth-order valence-electron chi connectivity index (χ4n) is 5.19. The van der Waals surface area contributed by atoms with Gasteiger partial charge < -0.3 is 5.32 Å². The Kier molecular flexibility index (Phi) is 7.56. The average molecular weight is 477 g/mol. The lowest BCUT2D eigenvalue weighted by Gasteiger charge is -2.32. The van der Waals surface area contributed by atoms with Gasteiger partial charge in [0, 0.05) is 24.0 Å². The molecule has 180 valence electrons. The quantitative estimate of drug-likeness (QED) is 0.685. The summed E-state index contributed by atoms with van der Waals surface area (Å²) in [6.07, 6.45) is 7.21. The number of fused-ring (bicyclic) bond motifs is 1. The molecule has 1 unspecified atom stereocenters. The van der Waals surface area contributed by atoms with Crippen molar-refractivity contribution in [2.45, 2.75) is 83.3 Å². The Morgan fingerprint density at radius 2 is 1.82 bits per heavy atom. The molecule has 2 fully saturated rings. The van der Waals surface area contributed by atoms with Crippen LogP contribution < -0.4 is 16.6 Å². The maximum atomic E-state index is 14.0. The zero-order valence-corrected chi connectivity index (χ0v) is 20.2. The van der Waals surface area contributed by atoms with E-state index < -0.39 is 11.4 Å². The summed E-state index contributed by atoms with van der Waals surface area (Å²) in [6, 6.07) is 0.959. The Labute approximate surface area is 197 Å². The summed E-state index contributed by atoms with van der Waals surface area (Å²) in [7, 11) is 0. The van der Waals surface area contributed by atoms with E-state index in [-0.39, 0.29) is 46.7 Å². The summed E-state index contributed by atoms with van der Waals surface area (Å²) < 4.78 is 17.0. The third-order valence-corrected chi connectivity index (χ3v) is 8.11. The summed E-state index contributed by atoms with van der Waals surface area (Å²) in [5.41, 5.74) is -0.523. The van der Waals surface area contributed by atoms with Crippen molar-refractivity contribution < 1.29 is 9.18 Å². The molecule has 0 spiro atoms. The van der Waals surface area contributed by atoms with E-state index in [0.29, 0.717) is 25.7 Å². The zero-order chi connectivity index (χ0) is 23.5. The van der Waals surface area contributed by atoms with E-state index in [0.717, 1.165) is 43.4 Å². The number of hydrogen-bond acceptors (Lipinski definition) is 5. The molecule has 9 heteroatoms. The largest absolute Gasteiger partial charge is 0.353 e. The molecule has 1 amide bonds. The first-order valence-corrected chi connectivity index (χ1v) is 13.3. The van der Waals surface area contributed by atoms with Crippen LogP contribution in [0.2, 0.25) is 0 Å². The Morgan fingerprint density at radius 3 is 2.48 bits per heavy atom. The second kappa shape index (κ2) is 10.4. The topological polar surface area (TPSA) is 86.0 Å². The molecule has 3 heterocycles. The van der Waals surface area contributed by atoms with Crippen LogP contribution in [-0.2, 0) is 4.79 Å². The van der Waals surface area contributed by atoms with Gasteiger partial charge in [0.25, 0.3) is 5.56 Å². The molecular weight excluding hydrogens is 443 g/mol. The second-order valence-corrected chi connectivity index (χ2v) is 10.6. The SMILES string of the molecule is CCCC(C)C(=O)N[C@H]1CC[C@@H](n2c(=O)c3cc(F)cnc3n(C3CCSCC3)c2=O)CC1. The van der Waals surface area contributed by atoms with Crippen LogP contribution in [0.5, 0.6) is 0 Å². The van der Waals surface area contributed by atoms with Gasteiger partial charge in [0.1, 0.15) is 11.5 Å². The monoisotopic (exact) mass is 476 g/mol. The molecule has 1 N–H and O–H groups in total. The van der Waals surface area contributed by atoms with Gasteiger partial charge in [0.15, 0.2) is 0 Å². The van der Waals surface area contributed by atoms with Gasteiger partial charge in [-0.2, -0.15) is 11.8 Å². The van der Waals surface area contributed by atoms with Crippen molar-refractivity contribution in [3.63, 3.8) is 0 Å². The van der Waals surface area contributed by atoms with E-state index in [4.69, 9.17) is 0 Å². The molecule has 7 nitrogen and oxygen atoms in total. The average Bonchev–Trinajstić information content (AvgIpc) is 2.81. The minimum atomic E-state index is -0.580. The van der Waals surface area contributed by atoms with Gasteiger partial charge in [-0.3, -0.25) is 18.7 Å². The maximum absolute atomic E-state index is 14.0. The normalized spacial score (nSPS) is 22.9. The van der Waals surface area contributed by atoms with E-state index in [1.807, 2.05) is 18.7 Å². The summed E-state index contributed by atoms with van der Waals surface area (Å²) in [5.74, 6) is 1.37. The third-order valence-electron chi connectivity index (χ3n) is 7.06. The fraction of sp³-hybridized carbons (Fsp3) is 0.667. The highest BCUT2D eigenvalue weighted by Gasteiger charge is 2.30. The molecule has 4 rings (SSSR count). The minimum Gasteiger partial charge on any atom is -0.353 e. The molecule has 2 aromatic rings. The highest BCUT2D eigenvalue weighted by Crippen LogP contribution is 2.30. The van der Waals surface area contributed by atoms with Crippen molar-refractivity contribution in [1.82, 2.24) is 19.4 Å². The molecule has 2 aliphatic rings. The Morgan fingerprint density at radius 1 is 1.15 bits per heavy atom. The summed E-state index contributed by atoms with van der Waals surface area (Å²) in [6.45, 7) is 4.01. The van der Waals surface area contributed by atoms with Gasteiger partial charge in [-0.15, -0.1) is 0 Å². The van der Waals surface area contributed by atoms with Crippen molar-refractivity contribution in [3.05, 3.63) is 38.9 Å². The predicted octanol–water partition coefficient (Wildman–Crippen LogP) is 3.80. The number of thioether (sulfide) groups is 1. The van der Waals surface area contributed by atoms with Crippen molar-refractivity contribution >= 4 is 28.7 Å². The standard InChI is InChI=1S/C24H33FN4O3S/c1-3-4-15(2)22(30)27-17-5-7-18(8-6-17)29-23(31)20-13-16(25)14-26-21(20)28(24(29)32)19-9-11-33-12-10-19/h13-15,17-19H,3-12H2,1-2H3,(H,27,30)/t15?,17-,18+. The maximum Gasteiger partial charge on any atom is 0.333 e. The van der Waals surface area contributed by atoms with Crippen LogP contribution in [0.25, 0.3) is 11.0 Å². The molecule has 1 aliphatic heterocycles. The van der Waals surface area contributed by atoms with Gasteiger partial charge >= 0.3 is 5.69 Å². The number of carbonyl (C=O) groups excluding carboxylic acids is 1. The summed E-state index contributed by atoms with van der Waals surface area (Å²) in [4.78, 5) is 43.5. The molecule has 1 saturated carbocycles. The van der Waals surface area contributed by atoms with Crippen LogP contribution in [0.4, 0.5) is 4.39 Å². The van der Waals surface area contributed by atoms with Crippen LogP contribution in [0, 0.1) is 11.7 Å². The molecule has 1 atom stereocenters. The molecule has 0 radical (unpaired) electrons. The predicted molar refractivity (Wildman–Crippen MR) is 129 cm³/mol. The van der Waals surface area contributed by atoms with E-state index in [1.54, 1.807) is 4.57 Å². The minimum absolute atomic E-state index is 0.0147. The van der Waals surface area contributed by atoms with E-state index in [2.05, 4.69) is 17.2 Å². The fourth-order valence-corrected chi connectivity index (χ4v) is 6.27. The van der Waals surface area contributed by atoms with Gasteiger partial charge in [0.05, 0.1) is 11.6 Å². The number of carbonyl (C=O) groups is 1. The Balaban J connectivity index is 1.63. The molecule has 0 aromatic carbocycles. The van der Waals surface area contributed by atoms with Crippen LogP contribution in [0.15, 0.2) is 21.9 Å². The summed E-state index contributed by atoms with van der Waals surface area (Å²) >= 11 is 1.85. The zero-order valence-electron chi connectivity index (χ0n) is 19.4. The molecule has 0 bridgehead atoms. The highest BCUT2D eigenvalue weighted by atomic mass is 32.2. The van der Waals surface area contributed by atoms with Gasteiger partial charge in [-0.05, 0) is 62.5 Å². The Bertz CT molecular complexity index is 1120. The van der Waals surface area contributed by atoms with Crippen LogP contribution in [0.3, 0.4) is 0 Å². The van der Waals surface area contributed by atoms with Crippen LogP contribution >= 0.6 is 11.8 Å². The number of aromatic nitrogens is 3. The summed E-state index contributed by atoms with van der Waals surface area (Å²) in [5, 5.41) is 3.30. The van der Waals surface area contributed by atoms with Gasteiger partial charge in [-0.25, -0.2) is 14.2 Å². The van der Waals surface area contributed by atoms with Crippen molar-refractivity contribution in [2.75, 3.05) is 11.5 Å².